The van der Waals surface area contributed by atoms with E-state index >= 15 is 0 Å². The second kappa shape index (κ2) is 5.25. The normalized spacial score (nSPS) is 13.6. The molecule has 0 aliphatic carbocycles. The maximum absolute atomic E-state index is 9.89. The molecule has 3 nitrogen and oxygen atoms in total. The summed E-state index contributed by atoms with van der Waals surface area (Å²) in [6.07, 6.45) is -0.759. The molecule has 1 aromatic rings. The van der Waals surface area contributed by atoms with Crippen molar-refractivity contribution in [2.45, 2.75) is 32.3 Å². The maximum atomic E-state index is 9.89. The number of rotatable bonds is 3. The van der Waals surface area contributed by atoms with Crippen LogP contribution >= 0.6 is 11.6 Å². The Kier molecular flexibility index (Phi) is 4.42. The second-order valence-corrected chi connectivity index (χ2v) is 5.51. The van der Waals surface area contributed by atoms with Crippen molar-refractivity contribution in [2.75, 3.05) is 13.7 Å². The largest absolute Gasteiger partial charge is 0.496 e. The van der Waals surface area contributed by atoms with Gasteiger partial charge in [-0.25, -0.2) is 0 Å². The van der Waals surface area contributed by atoms with Gasteiger partial charge < -0.3 is 15.6 Å². The van der Waals surface area contributed by atoms with Gasteiger partial charge in [0.25, 0.3) is 0 Å². The van der Waals surface area contributed by atoms with Crippen molar-refractivity contribution in [3.8, 4) is 5.75 Å². The summed E-state index contributed by atoms with van der Waals surface area (Å²) in [6.45, 7) is 6.35. The molecule has 0 saturated carbocycles. The summed E-state index contributed by atoms with van der Waals surface area (Å²) in [4.78, 5) is 0. The first kappa shape index (κ1) is 14.3. The summed E-state index contributed by atoms with van der Waals surface area (Å²) in [6, 6.07) is 3.57. The molecule has 0 amide bonds. The van der Waals surface area contributed by atoms with Crippen molar-refractivity contribution < 1.29 is 9.84 Å². The van der Waals surface area contributed by atoms with Gasteiger partial charge in [0.15, 0.2) is 0 Å². The highest BCUT2D eigenvalue weighted by atomic mass is 35.5. The zero-order valence-corrected chi connectivity index (χ0v) is 11.5. The van der Waals surface area contributed by atoms with Crippen molar-refractivity contribution in [1.29, 1.82) is 0 Å². The van der Waals surface area contributed by atoms with Crippen LogP contribution in [-0.2, 0) is 5.41 Å². The van der Waals surface area contributed by atoms with E-state index in [4.69, 9.17) is 22.1 Å². The molecule has 0 aliphatic rings. The third-order valence-corrected chi connectivity index (χ3v) is 2.90. The molecule has 0 heterocycles. The summed E-state index contributed by atoms with van der Waals surface area (Å²) < 4.78 is 5.41. The first-order chi connectivity index (χ1) is 7.81. The number of hydrogen-bond acceptors (Lipinski definition) is 3. The Labute approximate surface area is 108 Å². The number of benzene rings is 1. The highest BCUT2D eigenvalue weighted by molar-refractivity contribution is 6.30. The quantitative estimate of drug-likeness (QED) is 0.875. The van der Waals surface area contributed by atoms with Crippen LogP contribution < -0.4 is 10.5 Å². The molecule has 0 radical (unpaired) electrons. The summed E-state index contributed by atoms with van der Waals surface area (Å²) in [5.74, 6) is 0.667. The summed E-state index contributed by atoms with van der Waals surface area (Å²) in [5.41, 5.74) is 6.99. The molecular weight excluding hydrogens is 238 g/mol. The number of nitrogens with two attached hydrogens (primary N) is 1. The van der Waals surface area contributed by atoms with E-state index in [1.807, 2.05) is 6.07 Å². The lowest BCUT2D eigenvalue weighted by Gasteiger charge is -2.25. The van der Waals surface area contributed by atoms with Crippen LogP contribution in [0.2, 0.25) is 5.02 Å². The molecule has 0 fully saturated rings. The Morgan fingerprint density at radius 3 is 2.41 bits per heavy atom. The molecular formula is C13H20ClNO2. The lowest BCUT2D eigenvalue weighted by molar-refractivity contribution is 0.181. The third-order valence-electron chi connectivity index (χ3n) is 2.68. The van der Waals surface area contributed by atoms with Gasteiger partial charge in [-0.3, -0.25) is 0 Å². The molecule has 0 spiro atoms. The molecule has 17 heavy (non-hydrogen) atoms. The summed E-state index contributed by atoms with van der Waals surface area (Å²) in [7, 11) is 1.59. The van der Waals surface area contributed by atoms with Crippen LogP contribution in [-0.4, -0.2) is 18.8 Å². The fraction of sp³-hybridized carbons (Fsp3) is 0.538. The van der Waals surface area contributed by atoms with E-state index in [-0.39, 0.29) is 12.0 Å². The maximum Gasteiger partial charge on any atom is 0.128 e. The molecule has 0 saturated heterocycles. The highest BCUT2D eigenvalue weighted by Gasteiger charge is 2.24. The Morgan fingerprint density at radius 1 is 1.41 bits per heavy atom. The van der Waals surface area contributed by atoms with Crippen LogP contribution in [0.15, 0.2) is 12.1 Å². The molecule has 96 valence electrons. The zero-order valence-electron chi connectivity index (χ0n) is 10.7. The Bertz CT molecular complexity index is 399. The zero-order chi connectivity index (χ0) is 13.2. The Morgan fingerprint density at radius 2 is 2.00 bits per heavy atom. The third kappa shape index (κ3) is 3.12. The van der Waals surface area contributed by atoms with E-state index in [1.165, 1.54) is 0 Å². The SMILES string of the molecule is COc1c(C(O)CN)cc(Cl)cc1C(C)(C)C. The van der Waals surface area contributed by atoms with Crippen LogP contribution in [0.4, 0.5) is 0 Å². The van der Waals surface area contributed by atoms with Gasteiger partial charge in [-0.2, -0.15) is 0 Å². The molecule has 0 bridgehead atoms. The minimum atomic E-state index is -0.759. The fourth-order valence-electron chi connectivity index (χ4n) is 1.77. The average molecular weight is 258 g/mol. The minimum Gasteiger partial charge on any atom is -0.496 e. The number of aliphatic hydroxyl groups excluding tert-OH is 1. The second-order valence-electron chi connectivity index (χ2n) is 5.08. The van der Waals surface area contributed by atoms with Crippen LogP contribution in [0.1, 0.15) is 38.0 Å². The van der Waals surface area contributed by atoms with Crippen molar-refractivity contribution in [3.05, 3.63) is 28.3 Å². The number of aliphatic hydroxyl groups is 1. The Balaban J connectivity index is 3.46. The smallest absolute Gasteiger partial charge is 0.128 e. The molecule has 4 heteroatoms. The van der Waals surface area contributed by atoms with E-state index < -0.39 is 6.10 Å². The van der Waals surface area contributed by atoms with Crippen LogP contribution in [0.5, 0.6) is 5.75 Å². The first-order valence-corrected chi connectivity index (χ1v) is 5.95. The molecule has 0 aliphatic heterocycles. The molecule has 3 N–H and O–H groups in total. The van der Waals surface area contributed by atoms with Gasteiger partial charge in [-0.15, -0.1) is 0 Å². The predicted molar refractivity (Wildman–Crippen MR) is 70.7 cm³/mol. The monoisotopic (exact) mass is 257 g/mol. The van der Waals surface area contributed by atoms with Crippen molar-refractivity contribution in [1.82, 2.24) is 0 Å². The number of halogens is 1. The summed E-state index contributed by atoms with van der Waals surface area (Å²) in [5, 5.41) is 10.5. The van der Waals surface area contributed by atoms with Crippen LogP contribution in [0, 0.1) is 0 Å². The van der Waals surface area contributed by atoms with Gasteiger partial charge >= 0.3 is 0 Å². The van der Waals surface area contributed by atoms with E-state index in [2.05, 4.69) is 20.8 Å². The van der Waals surface area contributed by atoms with E-state index in [1.54, 1.807) is 13.2 Å². The van der Waals surface area contributed by atoms with Gasteiger partial charge in [-0.1, -0.05) is 32.4 Å². The molecule has 1 atom stereocenters. The van der Waals surface area contributed by atoms with Gasteiger partial charge in [0, 0.05) is 22.7 Å². The van der Waals surface area contributed by atoms with E-state index in [0.717, 1.165) is 5.56 Å². The lowest BCUT2D eigenvalue weighted by atomic mass is 9.84. The van der Waals surface area contributed by atoms with Gasteiger partial charge in [0.2, 0.25) is 0 Å². The number of ether oxygens (including phenoxy) is 1. The Hall–Kier alpha value is -0.770. The van der Waals surface area contributed by atoms with E-state index in [0.29, 0.717) is 16.3 Å². The fourth-order valence-corrected chi connectivity index (χ4v) is 2.00. The van der Waals surface area contributed by atoms with Crippen LogP contribution in [0.3, 0.4) is 0 Å². The number of methoxy groups -OCH3 is 1. The summed E-state index contributed by atoms with van der Waals surface area (Å²) >= 11 is 6.08. The van der Waals surface area contributed by atoms with Crippen molar-refractivity contribution in [3.63, 3.8) is 0 Å². The standard InChI is InChI=1S/C13H20ClNO2/c1-13(2,3)10-6-8(14)5-9(11(16)7-15)12(10)17-4/h5-6,11,16H,7,15H2,1-4H3. The minimum absolute atomic E-state index is 0.112. The van der Waals surface area contributed by atoms with Crippen molar-refractivity contribution >= 4 is 11.6 Å². The van der Waals surface area contributed by atoms with Gasteiger partial charge in [0.05, 0.1) is 13.2 Å². The predicted octanol–water partition coefficient (Wildman–Crippen LogP) is 2.64. The van der Waals surface area contributed by atoms with Gasteiger partial charge in [-0.05, 0) is 17.5 Å². The number of hydrogen-bond donors (Lipinski definition) is 2. The molecule has 1 aromatic carbocycles. The lowest BCUT2D eigenvalue weighted by Crippen LogP contribution is -2.17. The topological polar surface area (TPSA) is 55.5 Å². The average Bonchev–Trinajstić information content (AvgIpc) is 2.25. The van der Waals surface area contributed by atoms with E-state index in [9.17, 15) is 5.11 Å². The highest BCUT2D eigenvalue weighted by Crippen LogP contribution is 2.38. The van der Waals surface area contributed by atoms with Crippen molar-refractivity contribution in [2.24, 2.45) is 5.73 Å². The van der Waals surface area contributed by atoms with Gasteiger partial charge in [0.1, 0.15) is 5.75 Å². The molecule has 0 aromatic heterocycles. The molecule has 1 unspecified atom stereocenters. The molecule has 1 rings (SSSR count). The van der Waals surface area contributed by atoms with Crippen LogP contribution in [0.25, 0.3) is 0 Å². The first-order valence-electron chi connectivity index (χ1n) is 5.57.